The Morgan fingerprint density at radius 2 is 1.82 bits per heavy atom. The van der Waals surface area contributed by atoms with Crippen LogP contribution in [0.4, 0.5) is 0 Å². The summed E-state index contributed by atoms with van der Waals surface area (Å²) in [4.78, 5) is 0. The summed E-state index contributed by atoms with van der Waals surface area (Å²) in [5, 5.41) is 12.6. The number of hydrogen-bond acceptors (Lipinski definition) is 2. The second kappa shape index (κ2) is 6.40. The Bertz CT molecular complexity index is 251. The summed E-state index contributed by atoms with van der Waals surface area (Å²) < 4.78 is 0. The van der Waals surface area contributed by atoms with Crippen LogP contribution in [0.15, 0.2) is 0 Å². The highest BCUT2D eigenvalue weighted by Gasteiger charge is 2.32. The normalized spacial score (nSPS) is 27.5. The maximum absolute atomic E-state index is 9.22. The molecule has 17 heavy (non-hydrogen) atoms. The van der Waals surface area contributed by atoms with Gasteiger partial charge in [0.1, 0.15) is 0 Å². The topological polar surface area (TPSA) is 35.8 Å². The fourth-order valence-corrected chi connectivity index (χ4v) is 2.94. The molecule has 1 fully saturated rings. The zero-order valence-electron chi connectivity index (χ0n) is 11.9. The third-order valence-electron chi connectivity index (χ3n) is 4.22. The van der Waals surface area contributed by atoms with Crippen molar-refractivity contribution in [3.8, 4) is 6.07 Å². The van der Waals surface area contributed by atoms with Crippen LogP contribution in [0.3, 0.4) is 0 Å². The molecule has 98 valence electrons. The molecule has 0 bridgehead atoms. The van der Waals surface area contributed by atoms with E-state index in [1.54, 1.807) is 0 Å². The Balaban J connectivity index is 2.42. The van der Waals surface area contributed by atoms with Crippen LogP contribution in [0.2, 0.25) is 0 Å². The lowest BCUT2D eigenvalue weighted by atomic mass is 9.68. The van der Waals surface area contributed by atoms with Gasteiger partial charge in [0.05, 0.1) is 12.1 Å². The quantitative estimate of drug-likeness (QED) is 0.807. The van der Waals surface area contributed by atoms with Crippen molar-refractivity contribution in [3.05, 3.63) is 0 Å². The zero-order valence-corrected chi connectivity index (χ0v) is 11.9. The summed E-state index contributed by atoms with van der Waals surface area (Å²) in [6, 6.07) is 2.53. The minimum absolute atomic E-state index is 0.0795. The van der Waals surface area contributed by atoms with Gasteiger partial charge < -0.3 is 5.32 Å². The molecule has 1 atom stereocenters. The molecule has 0 aromatic rings. The highest BCUT2D eigenvalue weighted by molar-refractivity contribution is 4.97. The summed E-state index contributed by atoms with van der Waals surface area (Å²) in [6.07, 6.45) is 6.13. The maximum atomic E-state index is 9.22. The Morgan fingerprint density at radius 3 is 2.24 bits per heavy atom. The molecule has 0 radical (unpaired) electrons. The molecule has 1 N–H and O–H groups in total. The van der Waals surface area contributed by atoms with E-state index in [0.717, 1.165) is 18.9 Å². The van der Waals surface area contributed by atoms with Gasteiger partial charge >= 0.3 is 0 Å². The van der Waals surface area contributed by atoms with Crippen LogP contribution >= 0.6 is 0 Å². The van der Waals surface area contributed by atoms with E-state index in [1.165, 1.54) is 25.7 Å². The molecule has 0 aliphatic heterocycles. The molecule has 0 heterocycles. The molecule has 0 saturated heterocycles. The molecular weight excluding hydrogens is 208 g/mol. The zero-order chi connectivity index (χ0) is 12.9. The Labute approximate surface area is 107 Å². The van der Waals surface area contributed by atoms with Gasteiger partial charge in [-0.15, -0.1) is 0 Å². The molecule has 0 spiro atoms. The van der Waals surface area contributed by atoms with E-state index in [-0.39, 0.29) is 6.04 Å². The lowest BCUT2D eigenvalue weighted by Crippen LogP contribution is -2.38. The third kappa shape index (κ3) is 4.32. The van der Waals surface area contributed by atoms with Gasteiger partial charge in [0, 0.05) is 0 Å². The third-order valence-corrected chi connectivity index (χ3v) is 4.22. The summed E-state index contributed by atoms with van der Waals surface area (Å²) >= 11 is 0. The van der Waals surface area contributed by atoms with Crippen molar-refractivity contribution < 1.29 is 0 Å². The molecular formula is C15H28N2. The van der Waals surface area contributed by atoms with Gasteiger partial charge in [-0.05, 0) is 55.9 Å². The lowest BCUT2D eigenvalue weighted by Gasteiger charge is -2.38. The summed E-state index contributed by atoms with van der Waals surface area (Å²) in [5.74, 6) is 1.41. The van der Waals surface area contributed by atoms with Gasteiger partial charge in [0.25, 0.3) is 0 Å². The molecule has 2 nitrogen and oxygen atoms in total. The van der Waals surface area contributed by atoms with Crippen LogP contribution in [0.5, 0.6) is 0 Å². The van der Waals surface area contributed by atoms with Gasteiger partial charge in [0.2, 0.25) is 0 Å². The fraction of sp³-hybridized carbons (Fsp3) is 0.933. The predicted octanol–water partition coefficient (Wildman–Crippen LogP) is 3.73. The van der Waals surface area contributed by atoms with E-state index in [1.807, 2.05) is 0 Å². The number of nitrogens with one attached hydrogen (secondary N) is 1. The van der Waals surface area contributed by atoms with E-state index in [9.17, 15) is 5.26 Å². The summed E-state index contributed by atoms with van der Waals surface area (Å²) in [7, 11) is 0. The molecule has 1 saturated carbocycles. The molecule has 1 rings (SSSR count). The van der Waals surface area contributed by atoms with Crippen LogP contribution in [0, 0.1) is 28.6 Å². The van der Waals surface area contributed by atoms with Crippen molar-refractivity contribution in [2.24, 2.45) is 17.3 Å². The van der Waals surface area contributed by atoms with Crippen molar-refractivity contribution in [1.82, 2.24) is 5.32 Å². The monoisotopic (exact) mass is 236 g/mol. The molecule has 0 aromatic heterocycles. The highest BCUT2D eigenvalue weighted by Crippen LogP contribution is 2.40. The second-order valence-electron chi connectivity index (χ2n) is 6.54. The van der Waals surface area contributed by atoms with E-state index in [0.29, 0.717) is 11.3 Å². The average molecular weight is 236 g/mol. The summed E-state index contributed by atoms with van der Waals surface area (Å²) in [5.41, 5.74) is 0.434. The Hall–Kier alpha value is -0.550. The number of rotatable bonds is 4. The first-order valence-corrected chi connectivity index (χ1v) is 7.12. The van der Waals surface area contributed by atoms with Gasteiger partial charge in [0.15, 0.2) is 0 Å². The van der Waals surface area contributed by atoms with Crippen molar-refractivity contribution >= 4 is 0 Å². The Kier molecular flexibility index (Phi) is 5.46. The average Bonchev–Trinajstić information content (AvgIpc) is 2.29. The van der Waals surface area contributed by atoms with E-state index in [4.69, 9.17) is 0 Å². The second-order valence-corrected chi connectivity index (χ2v) is 6.54. The number of nitriles is 1. The molecule has 1 aliphatic carbocycles. The first-order valence-electron chi connectivity index (χ1n) is 7.12. The molecule has 0 aromatic carbocycles. The lowest BCUT2D eigenvalue weighted by molar-refractivity contribution is 0.141. The first kappa shape index (κ1) is 14.5. The SMILES string of the molecule is CCCNC(C#N)C1CCC(C(C)(C)C)CC1. The van der Waals surface area contributed by atoms with Crippen molar-refractivity contribution in [1.29, 1.82) is 5.26 Å². The van der Waals surface area contributed by atoms with Gasteiger partial charge in [-0.2, -0.15) is 5.26 Å². The predicted molar refractivity (Wildman–Crippen MR) is 72.6 cm³/mol. The molecule has 0 amide bonds. The molecule has 2 heteroatoms. The van der Waals surface area contributed by atoms with Gasteiger partial charge in [-0.25, -0.2) is 0 Å². The van der Waals surface area contributed by atoms with Gasteiger partial charge in [-0.3, -0.25) is 0 Å². The van der Waals surface area contributed by atoms with Crippen LogP contribution in [0.1, 0.15) is 59.8 Å². The molecule has 1 unspecified atom stereocenters. The van der Waals surface area contributed by atoms with E-state index >= 15 is 0 Å². The maximum Gasteiger partial charge on any atom is 0.0981 e. The van der Waals surface area contributed by atoms with Crippen LogP contribution in [-0.2, 0) is 0 Å². The standard InChI is InChI=1S/C15H28N2/c1-5-10-17-14(11-16)12-6-8-13(9-7-12)15(2,3)4/h12-14,17H,5-10H2,1-4H3. The van der Waals surface area contributed by atoms with Crippen molar-refractivity contribution in [3.63, 3.8) is 0 Å². The van der Waals surface area contributed by atoms with Crippen LogP contribution in [0.25, 0.3) is 0 Å². The fourth-order valence-electron chi connectivity index (χ4n) is 2.94. The van der Waals surface area contributed by atoms with Crippen molar-refractivity contribution in [2.45, 2.75) is 65.8 Å². The first-order chi connectivity index (χ1) is 7.99. The van der Waals surface area contributed by atoms with E-state index < -0.39 is 0 Å². The van der Waals surface area contributed by atoms with Crippen LogP contribution < -0.4 is 5.32 Å². The van der Waals surface area contributed by atoms with Gasteiger partial charge in [-0.1, -0.05) is 27.7 Å². The highest BCUT2D eigenvalue weighted by atomic mass is 14.9. The molecule has 1 aliphatic rings. The number of hydrogen-bond donors (Lipinski definition) is 1. The minimum Gasteiger partial charge on any atom is -0.302 e. The summed E-state index contributed by atoms with van der Waals surface area (Å²) in [6.45, 7) is 10.1. The number of nitrogens with zero attached hydrogens (tertiary/aromatic N) is 1. The Morgan fingerprint density at radius 1 is 1.24 bits per heavy atom. The smallest absolute Gasteiger partial charge is 0.0981 e. The largest absolute Gasteiger partial charge is 0.302 e. The van der Waals surface area contributed by atoms with Crippen LogP contribution in [-0.4, -0.2) is 12.6 Å². The van der Waals surface area contributed by atoms with E-state index in [2.05, 4.69) is 39.1 Å². The van der Waals surface area contributed by atoms with Crippen molar-refractivity contribution in [2.75, 3.05) is 6.54 Å². The minimum atomic E-state index is 0.0795.